The van der Waals surface area contributed by atoms with Gasteiger partial charge in [0.2, 0.25) is 0 Å². The molecule has 3 fully saturated rings. The van der Waals surface area contributed by atoms with Crippen LogP contribution in [0, 0.1) is 34.5 Å². The van der Waals surface area contributed by atoms with E-state index in [1.165, 1.54) is 0 Å². The molecule has 0 aromatic heterocycles. The normalized spacial score (nSPS) is 48.6. The molecule has 0 radical (unpaired) electrons. The Bertz CT molecular complexity index is 795. The Balaban J connectivity index is 1.79. The second-order valence-electron chi connectivity index (χ2n) is 9.54. The van der Waals surface area contributed by atoms with Crippen molar-refractivity contribution in [3.05, 3.63) is 23.8 Å². The molecule has 4 rings (SSSR count). The molecule has 0 saturated heterocycles. The number of aliphatic hydroxyl groups excluding tert-OH is 1. The summed E-state index contributed by atoms with van der Waals surface area (Å²) in [5, 5.41) is 20.6. The molecule has 2 N–H and O–H groups in total. The van der Waals surface area contributed by atoms with Crippen LogP contribution in [0.3, 0.4) is 0 Å². The van der Waals surface area contributed by atoms with Crippen molar-refractivity contribution in [1.82, 2.24) is 0 Å². The lowest BCUT2D eigenvalue weighted by atomic mass is 9.45. The Morgan fingerprint density at radius 3 is 2.67 bits per heavy atom. The van der Waals surface area contributed by atoms with Crippen molar-refractivity contribution in [2.45, 2.75) is 52.1 Å². The summed E-state index contributed by atoms with van der Waals surface area (Å²) < 4.78 is 0. The summed E-state index contributed by atoms with van der Waals surface area (Å²) in [5.41, 5.74) is -1.91. The van der Waals surface area contributed by atoms with Crippen molar-refractivity contribution in [3.8, 4) is 0 Å². The number of rotatable bonds is 2. The van der Waals surface area contributed by atoms with Crippen molar-refractivity contribution < 1.29 is 24.6 Å². The van der Waals surface area contributed by atoms with E-state index in [9.17, 15) is 24.6 Å². The SMILES string of the molecule is CC1CC2C(C(=O)CC3(C)C2CCC3(O)C(=O)CO)C2(C)C=CC(=O)C=C12. The summed E-state index contributed by atoms with van der Waals surface area (Å²) in [6.45, 7) is 5.30. The number of ketones is 3. The molecule has 3 saturated carbocycles. The lowest BCUT2D eigenvalue weighted by Crippen LogP contribution is -2.61. The zero-order valence-electron chi connectivity index (χ0n) is 16.2. The lowest BCUT2D eigenvalue weighted by Gasteiger charge is -2.58. The van der Waals surface area contributed by atoms with Crippen LogP contribution in [-0.2, 0) is 14.4 Å². The Morgan fingerprint density at radius 1 is 1.30 bits per heavy atom. The summed E-state index contributed by atoms with van der Waals surface area (Å²) in [4.78, 5) is 37.7. The minimum Gasteiger partial charge on any atom is -0.388 e. The summed E-state index contributed by atoms with van der Waals surface area (Å²) in [6.07, 6.45) is 7.06. The number of aliphatic hydroxyl groups is 2. The quantitative estimate of drug-likeness (QED) is 0.774. The number of hydrogen-bond donors (Lipinski definition) is 2. The topological polar surface area (TPSA) is 91.7 Å². The minimum atomic E-state index is -1.63. The minimum absolute atomic E-state index is 0.0235. The summed E-state index contributed by atoms with van der Waals surface area (Å²) in [7, 11) is 0. The Labute approximate surface area is 159 Å². The van der Waals surface area contributed by atoms with Crippen molar-refractivity contribution in [2.24, 2.45) is 34.5 Å². The maximum Gasteiger partial charge on any atom is 0.190 e. The highest BCUT2D eigenvalue weighted by atomic mass is 16.3. The fourth-order valence-electron chi connectivity index (χ4n) is 7.05. The molecule has 0 spiro atoms. The van der Waals surface area contributed by atoms with E-state index in [2.05, 4.69) is 13.8 Å². The van der Waals surface area contributed by atoms with E-state index in [-0.39, 0.29) is 41.7 Å². The molecule has 146 valence electrons. The van der Waals surface area contributed by atoms with Crippen LogP contribution in [-0.4, -0.2) is 39.8 Å². The second kappa shape index (κ2) is 5.71. The lowest BCUT2D eigenvalue weighted by molar-refractivity contribution is -0.169. The second-order valence-corrected chi connectivity index (χ2v) is 9.54. The zero-order chi connectivity index (χ0) is 19.8. The Kier molecular flexibility index (Phi) is 3.97. The number of hydrogen-bond acceptors (Lipinski definition) is 5. The maximum atomic E-state index is 13.4. The van der Waals surface area contributed by atoms with Gasteiger partial charge in [-0.1, -0.05) is 32.4 Å². The van der Waals surface area contributed by atoms with Gasteiger partial charge < -0.3 is 10.2 Å². The van der Waals surface area contributed by atoms with Crippen LogP contribution in [0.25, 0.3) is 0 Å². The van der Waals surface area contributed by atoms with Gasteiger partial charge in [-0.25, -0.2) is 0 Å². The van der Waals surface area contributed by atoms with Crippen LogP contribution in [0.1, 0.15) is 46.5 Å². The van der Waals surface area contributed by atoms with Gasteiger partial charge in [0.05, 0.1) is 0 Å². The molecule has 7 unspecified atom stereocenters. The van der Waals surface area contributed by atoms with Crippen LogP contribution >= 0.6 is 0 Å². The monoisotopic (exact) mass is 372 g/mol. The van der Waals surface area contributed by atoms with Crippen LogP contribution < -0.4 is 0 Å². The van der Waals surface area contributed by atoms with Crippen LogP contribution in [0.2, 0.25) is 0 Å². The smallest absolute Gasteiger partial charge is 0.190 e. The van der Waals surface area contributed by atoms with Crippen LogP contribution in [0.5, 0.6) is 0 Å². The highest BCUT2D eigenvalue weighted by Crippen LogP contribution is 2.66. The van der Waals surface area contributed by atoms with Crippen molar-refractivity contribution in [3.63, 3.8) is 0 Å². The average Bonchev–Trinajstić information content (AvgIpc) is 2.87. The molecule has 7 atom stereocenters. The first-order valence-electron chi connectivity index (χ1n) is 9.93. The molecule has 0 bridgehead atoms. The van der Waals surface area contributed by atoms with Gasteiger partial charge in [0.15, 0.2) is 11.6 Å². The predicted molar refractivity (Wildman–Crippen MR) is 98.6 cm³/mol. The van der Waals surface area contributed by atoms with E-state index in [1.54, 1.807) is 12.2 Å². The first-order valence-corrected chi connectivity index (χ1v) is 9.93. The molecule has 5 nitrogen and oxygen atoms in total. The highest BCUT2D eigenvalue weighted by Gasteiger charge is 2.68. The molecule has 5 heteroatoms. The number of allylic oxidation sites excluding steroid dienone is 4. The standard InChI is InChI=1S/C22H28O5/c1-12-8-14-15-5-7-22(27,18(26)11-23)21(15,3)10-17(25)19(14)20(2)6-4-13(24)9-16(12)20/h4,6,9,12,14-15,19,23,27H,5,7-8,10-11H2,1-3H3. The van der Waals surface area contributed by atoms with E-state index in [4.69, 9.17) is 0 Å². The Hall–Kier alpha value is -1.59. The van der Waals surface area contributed by atoms with Crippen molar-refractivity contribution >= 4 is 17.3 Å². The molecule has 0 amide bonds. The molecule has 4 aliphatic rings. The molecule has 0 heterocycles. The molecular formula is C22H28O5. The van der Waals surface area contributed by atoms with Crippen molar-refractivity contribution in [1.29, 1.82) is 0 Å². The molecule has 0 aliphatic heterocycles. The zero-order valence-corrected chi connectivity index (χ0v) is 16.2. The van der Waals surface area contributed by atoms with Gasteiger partial charge in [0, 0.05) is 23.2 Å². The largest absolute Gasteiger partial charge is 0.388 e. The summed E-state index contributed by atoms with van der Waals surface area (Å²) >= 11 is 0. The number of carbonyl (C=O) groups excluding carboxylic acids is 3. The third kappa shape index (κ3) is 2.21. The molecule has 0 aromatic rings. The highest BCUT2D eigenvalue weighted by molar-refractivity contribution is 6.02. The van der Waals surface area contributed by atoms with Gasteiger partial charge >= 0.3 is 0 Å². The Morgan fingerprint density at radius 2 is 2.00 bits per heavy atom. The first kappa shape index (κ1) is 18.8. The molecule has 27 heavy (non-hydrogen) atoms. The maximum absolute atomic E-state index is 13.4. The third-order valence-electron chi connectivity index (χ3n) is 8.33. The summed E-state index contributed by atoms with van der Waals surface area (Å²) in [5.74, 6) is -0.484. The number of carbonyl (C=O) groups is 3. The van der Waals surface area contributed by atoms with E-state index < -0.39 is 28.8 Å². The van der Waals surface area contributed by atoms with Crippen LogP contribution in [0.4, 0.5) is 0 Å². The van der Waals surface area contributed by atoms with Gasteiger partial charge in [0.25, 0.3) is 0 Å². The summed E-state index contributed by atoms with van der Waals surface area (Å²) in [6, 6.07) is 0. The fourth-order valence-corrected chi connectivity index (χ4v) is 7.05. The van der Waals surface area contributed by atoms with Gasteiger partial charge in [-0.2, -0.15) is 0 Å². The molecule has 0 aromatic carbocycles. The van der Waals surface area contributed by atoms with Gasteiger partial charge in [-0.15, -0.1) is 0 Å². The van der Waals surface area contributed by atoms with Crippen molar-refractivity contribution in [2.75, 3.05) is 6.61 Å². The fraction of sp³-hybridized carbons (Fsp3) is 0.682. The number of fused-ring (bicyclic) bond motifs is 5. The van der Waals surface area contributed by atoms with Crippen LogP contribution in [0.15, 0.2) is 23.8 Å². The molecular weight excluding hydrogens is 344 g/mol. The van der Waals surface area contributed by atoms with E-state index in [0.29, 0.717) is 12.8 Å². The predicted octanol–water partition coefficient (Wildman–Crippen LogP) is 2.01. The van der Waals surface area contributed by atoms with Gasteiger partial charge in [0.1, 0.15) is 18.0 Å². The van der Waals surface area contributed by atoms with E-state index in [0.717, 1.165) is 12.0 Å². The first-order chi connectivity index (χ1) is 12.6. The van der Waals surface area contributed by atoms with E-state index >= 15 is 0 Å². The number of Topliss-reactive ketones (excluding diaryl/α,β-unsaturated/α-hetero) is 2. The third-order valence-corrected chi connectivity index (χ3v) is 8.33. The average molecular weight is 372 g/mol. The van der Waals surface area contributed by atoms with Gasteiger partial charge in [-0.05, 0) is 49.2 Å². The van der Waals surface area contributed by atoms with Gasteiger partial charge in [-0.3, -0.25) is 14.4 Å². The molecule has 4 aliphatic carbocycles. The van der Waals surface area contributed by atoms with E-state index in [1.807, 2.05) is 13.0 Å².